The number of rotatable bonds is 3. The van der Waals surface area contributed by atoms with E-state index in [2.05, 4.69) is 0 Å². The lowest BCUT2D eigenvalue weighted by atomic mass is 10.0. The summed E-state index contributed by atoms with van der Waals surface area (Å²) in [7, 11) is 0. The molecule has 2 aromatic carbocycles. The van der Waals surface area contributed by atoms with Crippen LogP contribution in [0, 0.1) is 0 Å². The molecule has 0 fully saturated rings. The van der Waals surface area contributed by atoms with Crippen LogP contribution in [0.3, 0.4) is 0 Å². The van der Waals surface area contributed by atoms with Crippen molar-refractivity contribution >= 4 is 16.7 Å². The fourth-order valence-electron chi connectivity index (χ4n) is 1.73. The Morgan fingerprint density at radius 1 is 1.18 bits per heavy atom. The normalized spacial score (nSPS) is 12.4. The van der Waals surface area contributed by atoms with Gasteiger partial charge in [0, 0.05) is 0 Å². The van der Waals surface area contributed by atoms with Crippen LogP contribution in [0.2, 0.25) is 0 Å². The average molecular weight is 228 g/mol. The maximum Gasteiger partial charge on any atom is 0.339 e. The number of ether oxygens (including phenoxy) is 1. The maximum absolute atomic E-state index is 12.0. The van der Waals surface area contributed by atoms with Gasteiger partial charge in [-0.05, 0) is 30.2 Å². The number of hydrogen-bond donors (Lipinski definition) is 0. The highest BCUT2D eigenvalue weighted by Gasteiger charge is 2.13. The second-order valence-electron chi connectivity index (χ2n) is 4.15. The van der Waals surface area contributed by atoms with E-state index >= 15 is 0 Å². The molecule has 0 aliphatic carbocycles. The summed E-state index contributed by atoms with van der Waals surface area (Å²) in [6, 6.07) is 13.5. The molecule has 0 N–H and O–H groups in total. The molecular formula is C15H16O2. The molecule has 88 valence electrons. The van der Waals surface area contributed by atoms with E-state index in [1.165, 1.54) is 0 Å². The van der Waals surface area contributed by atoms with Gasteiger partial charge in [-0.2, -0.15) is 0 Å². The van der Waals surface area contributed by atoms with Gasteiger partial charge in [0.05, 0.1) is 11.7 Å². The highest BCUT2D eigenvalue weighted by atomic mass is 16.5. The van der Waals surface area contributed by atoms with Crippen LogP contribution >= 0.6 is 0 Å². The smallest absolute Gasteiger partial charge is 0.339 e. The van der Waals surface area contributed by atoms with Crippen LogP contribution < -0.4 is 0 Å². The van der Waals surface area contributed by atoms with Crippen molar-refractivity contribution in [1.82, 2.24) is 0 Å². The first-order valence-electron chi connectivity index (χ1n) is 5.91. The Hall–Kier alpha value is -1.83. The van der Waals surface area contributed by atoms with E-state index in [9.17, 15) is 4.79 Å². The predicted molar refractivity (Wildman–Crippen MR) is 69.1 cm³/mol. The van der Waals surface area contributed by atoms with Crippen molar-refractivity contribution < 1.29 is 9.53 Å². The first kappa shape index (κ1) is 11.6. The van der Waals surface area contributed by atoms with Crippen LogP contribution in [-0.2, 0) is 4.74 Å². The van der Waals surface area contributed by atoms with E-state index in [1.54, 1.807) is 0 Å². The van der Waals surface area contributed by atoms with Crippen molar-refractivity contribution in [1.29, 1.82) is 0 Å². The van der Waals surface area contributed by atoms with Gasteiger partial charge in [0.2, 0.25) is 0 Å². The van der Waals surface area contributed by atoms with Crippen LogP contribution in [0.1, 0.15) is 30.6 Å². The fourth-order valence-corrected chi connectivity index (χ4v) is 1.73. The lowest BCUT2D eigenvalue weighted by molar-refractivity contribution is 0.0337. The van der Waals surface area contributed by atoms with Gasteiger partial charge in [0.1, 0.15) is 0 Å². The van der Waals surface area contributed by atoms with Gasteiger partial charge < -0.3 is 4.74 Å². The monoisotopic (exact) mass is 228 g/mol. The van der Waals surface area contributed by atoms with Crippen molar-refractivity contribution in [2.24, 2.45) is 0 Å². The molecule has 0 bridgehead atoms. The highest BCUT2D eigenvalue weighted by molar-refractivity contribution is 6.04. The summed E-state index contributed by atoms with van der Waals surface area (Å²) in [5.74, 6) is -0.240. The van der Waals surface area contributed by atoms with E-state index in [0.29, 0.717) is 5.56 Å². The van der Waals surface area contributed by atoms with Crippen LogP contribution in [0.4, 0.5) is 0 Å². The van der Waals surface area contributed by atoms with Crippen LogP contribution in [0.15, 0.2) is 42.5 Å². The Morgan fingerprint density at radius 3 is 2.65 bits per heavy atom. The first-order chi connectivity index (χ1) is 8.22. The lowest BCUT2D eigenvalue weighted by Gasteiger charge is -2.12. The molecule has 0 heterocycles. The van der Waals surface area contributed by atoms with E-state index in [1.807, 2.05) is 56.3 Å². The maximum atomic E-state index is 12.0. The third-order valence-electron chi connectivity index (χ3n) is 2.89. The number of esters is 1. The van der Waals surface area contributed by atoms with Crippen molar-refractivity contribution in [3.63, 3.8) is 0 Å². The molecular weight excluding hydrogens is 212 g/mol. The standard InChI is InChI=1S/C15H16O2/c1-3-11(2)17-15(16)14-10-6-8-12-7-4-5-9-13(12)14/h4-11H,3H2,1-2H3. The molecule has 2 heteroatoms. The van der Waals surface area contributed by atoms with E-state index in [4.69, 9.17) is 4.74 Å². The van der Waals surface area contributed by atoms with E-state index < -0.39 is 0 Å². The summed E-state index contributed by atoms with van der Waals surface area (Å²) < 4.78 is 5.35. The van der Waals surface area contributed by atoms with E-state index in [-0.39, 0.29) is 12.1 Å². The Bertz CT molecular complexity index is 526. The Labute approximate surface area is 101 Å². The number of carbonyl (C=O) groups is 1. The van der Waals surface area contributed by atoms with Gasteiger partial charge in [-0.25, -0.2) is 4.79 Å². The summed E-state index contributed by atoms with van der Waals surface area (Å²) in [5.41, 5.74) is 0.642. The molecule has 1 atom stereocenters. The average Bonchev–Trinajstić information content (AvgIpc) is 2.37. The van der Waals surface area contributed by atoms with Crippen molar-refractivity contribution in [2.75, 3.05) is 0 Å². The van der Waals surface area contributed by atoms with Crippen molar-refractivity contribution in [3.8, 4) is 0 Å². The topological polar surface area (TPSA) is 26.3 Å². The molecule has 2 rings (SSSR count). The highest BCUT2D eigenvalue weighted by Crippen LogP contribution is 2.19. The third-order valence-corrected chi connectivity index (χ3v) is 2.89. The zero-order valence-corrected chi connectivity index (χ0v) is 10.1. The number of fused-ring (bicyclic) bond motifs is 1. The molecule has 0 aliphatic heterocycles. The Kier molecular flexibility index (Phi) is 3.43. The number of carbonyl (C=O) groups excluding carboxylic acids is 1. The molecule has 0 saturated heterocycles. The number of hydrogen-bond acceptors (Lipinski definition) is 2. The summed E-state index contributed by atoms with van der Waals surface area (Å²) in [6.07, 6.45) is 0.790. The van der Waals surface area contributed by atoms with Crippen LogP contribution in [-0.4, -0.2) is 12.1 Å². The summed E-state index contributed by atoms with van der Waals surface area (Å²) >= 11 is 0. The molecule has 1 unspecified atom stereocenters. The predicted octanol–water partition coefficient (Wildman–Crippen LogP) is 3.80. The Balaban J connectivity index is 2.38. The minimum Gasteiger partial charge on any atom is -0.459 e. The molecule has 0 amide bonds. The molecule has 0 spiro atoms. The van der Waals surface area contributed by atoms with Crippen molar-refractivity contribution in [2.45, 2.75) is 26.4 Å². The molecule has 2 nitrogen and oxygen atoms in total. The summed E-state index contributed by atoms with van der Waals surface area (Å²) in [4.78, 5) is 12.0. The van der Waals surface area contributed by atoms with Gasteiger partial charge in [-0.1, -0.05) is 43.3 Å². The zero-order valence-electron chi connectivity index (χ0n) is 10.1. The SMILES string of the molecule is CCC(C)OC(=O)c1cccc2ccccc12. The van der Waals surface area contributed by atoms with Gasteiger partial charge in [-0.3, -0.25) is 0 Å². The van der Waals surface area contributed by atoms with E-state index in [0.717, 1.165) is 17.2 Å². The minimum atomic E-state index is -0.240. The van der Waals surface area contributed by atoms with Crippen LogP contribution in [0.25, 0.3) is 10.8 Å². The quantitative estimate of drug-likeness (QED) is 0.747. The summed E-state index contributed by atoms with van der Waals surface area (Å²) in [5, 5.41) is 2.01. The fraction of sp³-hybridized carbons (Fsp3) is 0.267. The molecule has 17 heavy (non-hydrogen) atoms. The molecule has 0 aromatic heterocycles. The van der Waals surface area contributed by atoms with Gasteiger partial charge >= 0.3 is 5.97 Å². The summed E-state index contributed by atoms with van der Waals surface area (Å²) in [6.45, 7) is 3.91. The molecule has 0 saturated carbocycles. The Morgan fingerprint density at radius 2 is 1.88 bits per heavy atom. The zero-order chi connectivity index (χ0) is 12.3. The number of benzene rings is 2. The van der Waals surface area contributed by atoms with Gasteiger partial charge in [-0.15, -0.1) is 0 Å². The first-order valence-corrected chi connectivity index (χ1v) is 5.91. The lowest BCUT2D eigenvalue weighted by Crippen LogP contribution is -2.14. The molecule has 2 aromatic rings. The molecule has 0 radical (unpaired) electrons. The van der Waals surface area contributed by atoms with Gasteiger partial charge in [0.25, 0.3) is 0 Å². The molecule has 0 aliphatic rings. The third kappa shape index (κ3) is 2.47. The minimum absolute atomic E-state index is 0.0403. The van der Waals surface area contributed by atoms with Gasteiger partial charge in [0.15, 0.2) is 0 Å². The van der Waals surface area contributed by atoms with Crippen molar-refractivity contribution in [3.05, 3.63) is 48.0 Å². The van der Waals surface area contributed by atoms with Crippen LogP contribution in [0.5, 0.6) is 0 Å². The largest absolute Gasteiger partial charge is 0.459 e. The second-order valence-corrected chi connectivity index (χ2v) is 4.15. The second kappa shape index (κ2) is 5.00.